The number of amides is 4. The second kappa shape index (κ2) is 12.3. The Labute approximate surface area is 214 Å². The fourth-order valence-corrected chi connectivity index (χ4v) is 6.70. The Morgan fingerprint density at radius 1 is 1.09 bits per heavy atom. The first kappa shape index (κ1) is 26.0. The number of rotatable bonds is 6. The highest BCUT2D eigenvalue weighted by molar-refractivity contribution is 8.01. The van der Waals surface area contributed by atoms with Crippen LogP contribution in [0.2, 0.25) is 0 Å². The van der Waals surface area contributed by atoms with Crippen LogP contribution in [0.3, 0.4) is 0 Å². The fourth-order valence-electron chi connectivity index (χ4n) is 5.11. The van der Waals surface area contributed by atoms with Crippen LogP contribution >= 0.6 is 23.1 Å². The van der Waals surface area contributed by atoms with Gasteiger partial charge in [-0.25, -0.2) is 14.6 Å². The number of nitrogens with one attached hydrogen (secondary N) is 1. The molecule has 0 spiro atoms. The molecule has 2 N–H and O–H groups in total. The zero-order valence-electron chi connectivity index (χ0n) is 20.2. The van der Waals surface area contributed by atoms with Gasteiger partial charge in [-0.15, -0.1) is 11.8 Å². The summed E-state index contributed by atoms with van der Waals surface area (Å²) >= 11 is 2.49. The largest absolute Gasteiger partial charge is 0.481 e. The summed E-state index contributed by atoms with van der Waals surface area (Å²) < 4.78 is 6.13. The predicted octanol–water partition coefficient (Wildman–Crippen LogP) is 3.65. The Bertz CT molecular complexity index is 877. The molecule has 0 unspecified atom stereocenters. The molecule has 0 radical (unpaired) electrons. The third kappa shape index (κ3) is 7.01. The lowest BCUT2D eigenvalue weighted by molar-refractivity contribution is -0.133. The molecule has 0 atom stereocenters. The summed E-state index contributed by atoms with van der Waals surface area (Å²) in [6.07, 6.45) is 7.31. The van der Waals surface area contributed by atoms with E-state index in [4.69, 9.17) is 9.84 Å². The van der Waals surface area contributed by atoms with Gasteiger partial charge in [0, 0.05) is 38.3 Å². The maximum Gasteiger partial charge on any atom is 0.324 e. The minimum absolute atomic E-state index is 0.0380. The van der Waals surface area contributed by atoms with E-state index in [-0.39, 0.29) is 29.9 Å². The predicted molar refractivity (Wildman–Crippen MR) is 135 cm³/mol. The minimum Gasteiger partial charge on any atom is -0.481 e. The maximum atomic E-state index is 13.5. The summed E-state index contributed by atoms with van der Waals surface area (Å²) in [5.41, 5.74) is 0. The topological polar surface area (TPSA) is 115 Å². The van der Waals surface area contributed by atoms with Gasteiger partial charge in [0.05, 0.1) is 29.4 Å². The fraction of sp³-hybridized carbons (Fsp3) is 0.739. The summed E-state index contributed by atoms with van der Waals surface area (Å²) in [6.45, 7) is 5.99. The molecule has 4 rings (SSSR count). The highest BCUT2D eigenvalue weighted by Crippen LogP contribution is 2.33. The Balaban J connectivity index is 1.39. The molecule has 2 saturated heterocycles. The molecule has 0 aromatic carbocycles. The van der Waals surface area contributed by atoms with E-state index in [2.05, 4.69) is 17.2 Å². The number of carboxylic acids is 1. The van der Waals surface area contributed by atoms with Gasteiger partial charge < -0.3 is 24.5 Å². The molecule has 194 valence electrons. The number of carbonyl (C=O) groups excluding carboxylic acids is 2. The highest BCUT2D eigenvalue weighted by Gasteiger charge is 2.36. The van der Waals surface area contributed by atoms with E-state index >= 15 is 0 Å². The van der Waals surface area contributed by atoms with Crippen molar-refractivity contribution in [2.24, 2.45) is 5.92 Å². The molecule has 2 aliphatic heterocycles. The van der Waals surface area contributed by atoms with E-state index in [9.17, 15) is 14.4 Å². The van der Waals surface area contributed by atoms with Crippen LogP contribution < -0.4 is 5.32 Å². The van der Waals surface area contributed by atoms with Gasteiger partial charge in [0.25, 0.3) is 0 Å². The van der Waals surface area contributed by atoms with Crippen molar-refractivity contribution in [2.75, 3.05) is 50.5 Å². The Hall–Kier alpha value is -2.05. The van der Waals surface area contributed by atoms with Crippen molar-refractivity contribution >= 4 is 46.3 Å². The molecule has 12 heteroatoms. The van der Waals surface area contributed by atoms with Crippen LogP contribution in [0.5, 0.6) is 0 Å². The third-order valence-electron chi connectivity index (χ3n) is 7.06. The van der Waals surface area contributed by atoms with E-state index in [1.807, 2.05) is 14.7 Å². The number of morpholine rings is 1. The first-order valence-electron chi connectivity index (χ1n) is 12.4. The minimum atomic E-state index is -0.884. The second-order valence-corrected chi connectivity index (χ2v) is 11.8. The van der Waals surface area contributed by atoms with Crippen LogP contribution in [-0.4, -0.2) is 100 Å². The van der Waals surface area contributed by atoms with Crippen LogP contribution in [-0.2, 0) is 9.53 Å². The van der Waals surface area contributed by atoms with Crippen molar-refractivity contribution in [3.8, 4) is 0 Å². The average molecular weight is 526 g/mol. The highest BCUT2D eigenvalue weighted by atomic mass is 32.2. The van der Waals surface area contributed by atoms with Crippen LogP contribution in [0.15, 0.2) is 10.4 Å². The van der Waals surface area contributed by atoms with Gasteiger partial charge >= 0.3 is 18.0 Å². The second-order valence-electron chi connectivity index (χ2n) is 9.52. The number of carbonyl (C=O) groups is 3. The number of likely N-dealkylation sites (tertiary alicyclic amines) is 1. The number of hydrogen-bond donors (Lipinski definition) is 2. The molecule has 1 aromatic rings. The smallest absolute Gasteiger partial charge is 0.324 e. The normalized spacial score (nSPS) is 23.7. The summed E-state index contributed by atoms with van der Waals surface area (Å²) in [6, 6.07) is 0.177. The maximum absolute atomic E-state index is 13.5. The van der Waals surface area contributed by atoms with Crippen molar-refractivity contribution in [3.05, 3.63) is 6.20 Å². The van der Waals surface area contributed by atoms with E-state index in [0.29, 0.717) is 50.4 Å². The van der Waals surface area contributed by atoms with Crippen LogP contribution in [0.25, 0.3) is 0 Å². The van der Waals surface area contributed by atoms with Crippen LogP contribution in [0.1, 0.15) is 45.4 Å². The van der Waals surface area contributed by atoms with E-state index in [1.165, 1.54) is 23.1 Å². The van der Waals surface area contributed by atoms with Crippen molar-refractivity contribution in [1.29, 1.82) is 0 Å². The monoisotopic (exact) mass is 525 g/mol. The van der Waals surface area contributed by atoms with Gasteiger partial charge in [0.1, 0.15) is 0 Å². The van der Waals surface area contributed by atoms with Gasteiger partial charge in [-0.1, -0.05) is 18.3 Å². The number of piperidine rings is 1. The third-order valence-corrected chi connectivity index (χ3v) is 9.15. The Morgan fingerprint density at radius 3 is 2.37 bits per heavy atom. The number of nitrogens with zero attached hydrogens (tertiary/aromatic N) is 4. The Kier molecular flexibility index (Phi) is 9.12. The summed E-state index contributed by atoms with van der Waals surface area (Å²) in [5.74, 6) is -0.244. The molecule has 3 heterocycles. The number of aliphatic carboxylic acids is 1. The number of thioether (sulfide) groups is 1. The zero-order valence-corrected chi connectivity index (χ0v) is 21.8. The molecule has 3 fully saturated rings. The first-order chi connectivity index (χ1) is 16.9. The van der Waals surface area contributed by atoms with Gasteiger partial charge in [0.2, 0.25) is 0 Å². The molecule has 3 aliphatic rings. The lowest BCUT2D eigenvalue weighted by Gasteiger charge is -2.44. The summed E-state index contributed by atoms with van der Waals surface area (Å²) in [4.78, 5) is 47.3. The molecule has 1 saturated carbocycles. The molecular weight excluding hydrogens is 490 g/mol. The molecule has 4 amide bonds. The standard InChI is InChI=1S/C23H35N5O5S2/c1-16-2-4-17(5-3-16)28(22(31)25-21-24-14-20(35-21)34-15-19(29)30)18-6-8-26(9-7-18)23(32)27-10-12-33-13-11-27/h14,16-18H,2-13,15H2,1H3,(H,29,30)(H,24,25,31)/t16-,17-. The quantitative estimate of drug-likeness (QED) is 0.545. The van der Waals surface area contributed by atoms with Gasteiger partial charge in [-0.3, -0.25) is 10.1 Å². The zero-order chi connectivity index (χ0) is 24.8. The van der Waals surface area contributed by atoms with E-state index in [1.54, 1.807) is 6.20 Å². The van der Waals surface area contributed by atoms with Crippen molar-refractivity contribution in [2.45, 2.75) is 61.7 Å². The SMILES string of the molecule is C[C@H]1CC[C@H](N(C(=O)Nc2ncc(SCC(=O)O)s2)C2CCN(C(=O)N3CCOCC3)CC2)CC1. The van der Waals surface area contributed by atoms with Crippen LogP contribution in [0, 0.1) is 5.92 Å². The van der Waals surface area contributed by atoms with Crippen molar-refractivity contribution in [1.82, 2.24) is 19.7 Å². The molecule has 1 aliphatic carbocycles. The summed E-state index contributed by atoms with van der Waals surface area (Å²) in [7, 11) is 0. The lowest BCUT2D eigenvalue weighted by atomic mass is 9.85. The molecule has 0 bridgehead atoms. The number of urea groups is 2. The van der Waals surface area contributed by atoms with E-state index < -0.39 is 5.97 Å². The first-order valence-corrected chi connectivity index (χ1v) is 14.2. The van der Waals surface area contributed by atoms with Crippen LogP contribution in [0.4, 0.5) is 14.7 Å². The van der Waals surface area contributed by atoms with E-state index in [0.717, 1.165) is 42.7 Å². The van der Waals surface area contributed by atoms with Gasteiger partial charge in [-0.05, 0) is 44.4 Å². The summed E-state index contributed by atoms with van der Waals surface area (Å²) in [5, 5.41) is 12.3. The van der Waals surface area contributed by atoms with Crippen molar-refractivity contribution < 1.29 is 24.2 Å². The number of hydrogen-bond acceptors (Lipinski definition) is 7. The van der Waals surface area contributed by atoms with Gasteiger partial charge in [-0.2, -0.15) is 0 Å². The molecule has 35 heavy (non-hydrogen) atoms. The lowest BCUT2D eigenvalue weighted by Crippen LogP contribution is -2.56. The molecule has 10 nitrogen and oxygen atoms in total. The number of aromatic nitrogens is 1. The number of ether oxygens (including phenoxy) is 1. The molecule has 1 aromatic heterocycles. The number of thiazole rings is 1. The Morgan fingerprint density at radius 2 is 1.71 bits per heavy atom. The number of anilines is 1. The van der Waals surface area contributed by atoms with Crippen molar-refractivity contribution in [3.63, 3.8) is 0 Å². The molecular formula is C23H35N5O5S2. The number of carboxylic acid groups (broad SMARTS) is 1. The van der Waals surface area contributed by atoms with Gasteiger partial charge in [0.15, 0.2) is 5.13 Å². The average Bonchev–Trinajstić information content (AvgIpc) is 3.32.